The summed E-state index contributed by atoms with van der Waals surface area (Å²) in [7, 11) is 0. The Morgan fingerprint density at radius 1 is 0.783 bits per heavy atom. The van der Waals surface area contributed by atoms with Gasteiger partial charge in [0.1, 0.15) is 0 Å². The quantitative estimate of drug-likeness (QED) is 0.310. The van der Waals surface area contributed by atoms with E-state index in [-0.39, 0.29) is 0 Å². The van der Waals surface area contributed by atoms with E-state index in [1.807, 2.05) is 0 Å². The van der Waals surface area contributed by atoms with Gasteiger partial charge in [0, 0.05) is 19.0 Å². The van der Waals surface area contributed by atoms with Crippen molar-refractivity contribution in [2.45, 2.75) is 117 Å². The van der Waals surface area contributed by atoms with Crippen LogP contribution < -0.4 is 0 Å². The fourth-order valence-electron chi connectivity index (χ4n) is 3.59. The van der Waals surface area contributed by atoms with E-state index in [0.717, 1.165) is 13.1 Å². The van der Waals surface area contributed by atoms with E-state index >= 15 is 0 Å². The third kappa shape index (κ3) is 10.0. The Labute approximate surface area is 146 Å². The summed E-state index contributed by atoms with van der Waals surface area (Å²) in [5.41, 5.74) is 0. The van der Waals surface area contributed by atoms with Crippen molar-refractivity contribution in [2.75, 3.05) is 13.1 Å². The maximum Gasteiger partial charge on any atom is 0.0992 e. The van der Waals surface area contributed by atoms with Gasteiger partial charge in [0.2, 0.25) is 0 Å². The third-order valence-electron chi connectivity index (χ3n) is 5.09. The summed E-state index contributed by atoms with van der Waals surface area (Å²) in [5.74, 6) is 1.38. The molecule has 0 fully saturated rings. The Balaban J connectivity index is 1.82. The molecule has 2 nitrogen and oxygen atoms in total. The standard InChI is InChI=1S/C21H42N2/c1-4-5-6-7-8-9-10-11-12-13-14-15-16-17-21-22-18-19-23(21)20(2)3/h20H,4-19H2,1-3H3. The van der Waals surface area contributed by atoms with Gasteiger partial charge in [0.25, 0.3) is 0 Å². The first kappa shape index (κ1) is 20.5. The summed E-state index contributed by atoms with van der Waals surface area (Å²) in [6.45, 7) is 9.02. The highest BCUT2D eigenvalue weighted by Gasteiger charge is 2.18. The molecule has 23 heavy (non-hydrogen) atoms. The Morgan fingerprint density at radius 3 is 1.74 bits per heavy atom. The van der Waals surface area contributed by atoms with Crippen LogP contribution in [0.5, 0.6) is 0 Å². The Bertz CT molecular complexity index is 296. The lowest BCUT2D eigenvalue weighted by Gasteiger charge is -2.24. The van der Waals surface area contributed by atoms with Crippen LogP contribution in [0.2, 0.25) is 0 Å². The van der Waals surface area contributed by atoms with Crippen molar-refractivity contribution in [3.63, 3.8) is 0 Å². The zero-order valence-electron chi connectivity index (χ0n) is 16.3. The Kier molecular flexibility index (Phi) is 12.4. The smallest absolute Gasteiger partial charge is 0.0992 e. The molecule has 0 aromatic carbocycles. The fraction of sp³-hybridized carbons (Fsp3) is 0.952. The van der Waals surface area contributed by atoms with Crippen molar-refractivity contribution in [2.24, 2.45) is 4.99 Å². The van der Waals surface area contributed by atoms with Gasteiger partial charge in [-0.15, -0.1) is 0 Å². The minimum absolute atomic E-state index is 0.623. The largest absolute Gasteiger partial charge is 0.356 e. The van der Waals surface area contributed by atoms with Crippen LogP contribution in [0.1, 0.15) is 111 Å². The molecule has 0 saturated heterocycles. The van der Waals surface area contributed by atoms with Crippen molar-refractivity contribution >= 4 is 5.84 Å². The van der Waals surface area contributed by atoms with Gasteiger partial charge >= 0.3 is 0 Å². The molecular formula is C21H42N2. The average molecular weight is 323 g/mol. The molecule has 0 saturated carbocycles. The van der Waals surface area contributed by atoms with Crippen LogP contribution >= 0.6 is 0 Å². The second-order valence-corrected chi connectivity index (χ2v) is 7.58. The molecule has 1 aliphatic heterocycles. The molecule has 1 heterocycles. The van der Waals surface area contributed by atoms with Crippen LogP contribution in [0.25, 0.3) is 0 Å². The minimum Gasteiger partial charge on any atom is -0.356 e. The van der Waals surface area contributed by atoms with Crippen LogP contribution in [-0.2, 0) is 0 Å². The van der Waals surface area contributed by atoms with Gasteiger partial charge in [-0.2, -0.15) is 0 Å². The number of amidine groups is 1. The summed E-state index contributed by atoms with van der Waals surface area (Å²) in [6, 6.07) is 0.623. The van der Waals surface area contributed by atoms with Crippen LogP contribution in [0, 0.1) is 0 Å². The predicted octanol–water partition coefficient (Wildman–Crippen LogP) is 6.59. The fourth-order valence-corrected chi connectivity index (χ4v) is 3.59. The molecule has 136 valence electrons. The van der Waals surface area contributed by atoms with E-state index in [2.05, 4.69) is 30.7 Å². The molecule has 2 heteroatoms. The van der Waals surface area contributed by atoms with Crippen LogP contribution in [0.4, 0.5) is 0 Å². The highest BCUT2D eigenvalue weighted by molar-refractivity contribution is 5.83. The maximum atomic E-state index is 4.68. The van der Waals surface area contributed by atoms with Gasteiger partial charge in [-0.05, 0) is 20.3 Å². The highest BCUT2D eigenvalue weighted by Crippen LogP contribution is 2.15. The average Bonchev–Trinajstić information content (AvgIpc) is 3.00. The Hall–Kier alpha value is -0.530. The van der Waals surface area contributed by atoms with Gasteiger partial charge in [0.05, 0.1) is 12.4 Å². The van der Waals surface area contributed by atoms with Crippen molar-refractivity contribution < 1.29 is 0 Å². The topological polar surface area (TPSA) is 15.6 Å². The van der Waals surface area contributed by atoms with Gasteiger partial charge in [-0.25, -0.2) is 0 Å². The molecule has 0 radical (unpaired) electrons. The number of hydrogen-bond acceptors (Lipinski definition) is 2. The SMILES string of the molecule is CCCCCCCCCCCCCCCC1=NCCN1C(C)C. The van der Waals surface area contributed by atoms with Crippen molar-refractivity contribution in [3.05, 3.63) is 0 Å². The molecule has 1 aliphatic rings. The van der Waals surface area contributed by atoms with Crippen LogP contribution in [0.15, 0.2) is 4.99 Å². The molecular weight excluding hydrogens is 280 g/mol. The first-order valence-corrected chi connectivity index (χ1v) is 10.6. The van der Waals surface area contributed by atoms with Gasteiger partial charge in [-0.1, -0.05) is 84.0 Å². The first-order valence-electron chi connectivity index (χ1n) is 10.6. The molecule has 0 bridgehead atoms. The molecule has 0 atom stereocenters. The monoisotopic (exact) mass is 322 g/mol. The summed E-state index contributed by atoms with van der Waals surface area (Å²) in [5, 5.41) is 0. The molecule has 0 unspecified atom stereocenters. The molecule has 0 aliphatic carbocycles. The highest BCUT2D eigenvalue weighted by atomic mass is 15.2. The predicted molar refractivity (Wildman–Crippen MR) is 104 cm³/mol. The minimum atomic E-state index is 0.623. The van der Waals surface area contributed by atoms with E-state index in [1.54, 1.807) is 0 Å². The number of unbranched alkanes of at least 4 members (excludes halogenated alkanes) is 12. The number of rotatable bonds is 15. The molecule has 0 aromatic heterocycles. The number of aliphatic imine (C=N–C) groups is 1. The van der Waals surface area contributed by atoms with Crippen LogP contribution in [-0.4, -0.2) is 29.9 Å². The molecule has 0 spiro atoms. The van der Waals surface area contributed by atoms with Gasteiger partial charge in [0.15, 0.2) is 0 Å². The van der Waals surface area contributed by atoms with Gasteiger partial charge in [-0.3, -0.25) is 4.99 Å². The number of hydrogen-bond donors (Lipinski definition) is 0. The van der Waals surface area contributed by atoms with Crippen molar-refractivity contribution in [1.29, 1.82) is 0 Å². The Morgan fingerprint density at radius 2 is 1.26 bits per heavy atom. The van der Waals surface area contributed by atoms with E-state index in [0.29, 0.717) is 6.04 Å². The van der Waals surface area contributed by atoms with E-state index in [9.17, 15) is 0 Å². The van der Waals surface area contributed by atoms with Crippen molar-refractivity contribution in [3.8, 4) is 0 Å². The number of nitrogens with zero attached hydrogens (tertiary/aromatic N) is 2. The normalized spacial score (nSPS) is 14.8. The lowest BCUT2D eigenvalue weighted by molar-refractivity contribution is 0.372. The van der Waals surface area contributed by atoms with Gasteiger partial charge < -0.3 is 4.90 Å². The molecule has 1 rings (SSSR count). The summed E-state index contributed by atoms with van der Waals surface area (Å²) < 4.78 is 0. The zero-order chi connectivity index (χ0) is 16.8. The molecule has 0 amide bonds. The second-order valence-electron chi connectivity index (χ2n) is 7.58. The van der Waals surface area contributed by atoms with Crippen molar-refractivity contribution in [1.82, 2.24) is 4.90 Å². The van der Waals surface area contributed by atoms with E-state index < -0.39 is 0 Å². The van der Waals surface area contributed by atoms with E-state index in [4.69, 9.17) is 0 Å². The first-order chi connectivity index (χ1) is 11.3. The second kappa shape index (κ2) is 13.9. The van der Waals surface area contributed by atoms with E-state index in [1.165, 1.54) is 95.7 Å². The van der Waals surface area contributed by atoms with Crippen LogP contribution in [0.3, 0.4) is 0 Å². The molecule has 0 N–H and O–H groups in total. The summed E-state index contributed by atoms with van der Waals surface area (Å²) >= 11 is 0. The maximum absolute atomic E-state index is 4.68. The molecule has 0 aromatic rings. The lowest BCUT2D eigenvalue weighted by atomic mass is 10.0. The third-order valence-corrected chi connectivity index (χ3v) is 5.09. The zero-order valence-corrected chi connectivity index (χ0v) is 16.3. The lowest BCUT2D eigenvalue weighted by Crippen LogP contribution is -2.34. The summed E-state index contributed by atoms with van der Waals surface area (Å²) in [4.78, 5) is 7.16. The summed E-state index contributed by atoms with van der Waals surface area (Å²) in [6.07, 6.45) is 19.8.